The fraction of sp³-hybridized carbons (Fsp3) is 0.300. The van der Waals surface area contributed by atoms with Crippen LogP contribution in [0.4, 0.5) is 5.69 Å². The van der Waals surface area contributed by atoms with Crippen LogP contribution in [-0.4, -0.2) is 22.9 Å². The normalized spacial score (nSPS) is 14.3. The van der Waals surface area contributed by atoms with Crippen molar-refractivity contribution in [1.82, 2.24) is 0 Å². The number of halogens is 3. The van der Waals surface area contributed by atoms with Crippen LogP contribution in [-0.2, 0) is 4.79 Å². The van der Waals surface area contributed by atoms with Gasteiger partial charge in [-0.3, -0.25) is 4.79 Å². The Kier molecular flexibility index (Phi) is 3.56. The smallest absolute Gasteiger partial charge is 0.276 e. The van der Waals surface area contributed by atoms with Gasteiger partial charge in [0.25, 0.3) is 9.70 Å². The summed E-state index contributed by atoms with van der Waals surface area (Å²) in [4.78, 5) is 11.4. The van der Waals surface area contributed by atoms with Crippen LogP contribution in [0.3, 0.4) is 0 Å². The van der Waals surface area contributed by atoms with Crippen LogP contribution in [0.25, 0.3) is 0 Å². The molecule has 1 aliphatic heterocycles. The highest BCUT2D eigenvalue weighted by molar-refractivity contribution is 6.76. The molecular formula is C10H8Cl3NO3. The van der Waals surface area contributed by atoms with Gasteiger partial charge in [0.2, 0.25) is 0 Å². The van der Waals surface area contributed by atoms with E-state index in [4.69, 9.17) is 44.3 Å². The van der Waals surface area contributed by atoms with E-state index in [2.05, 4.69) is 5.32 Å². The van der Waals surface area contributed by atoms with Crippen molar-refractivity contribution in [3.8, 4) is 11.5 Å². The van der Waals surface area contributed by atoms with Gasteiger partial charge in [0.15, 0.2) is 11.5 Å². The lowest BCUT2D eigenvalue weighted by Crippen LogP contribution is -2.27. The summed E-state index contributed by atoms with van der Waals surface area (Å²) in [6.07, 6.45) is 0. The quantitative estimate of drug-likeness (QED) is 0.811. The molecule has 0 bridgehead atoms. The van der Waals surface area contributed by atoms with Crippen molar-refractivity contribution in [1.29, 1.82) is 0 Å². The van der Waals surface area contributed by atoms with Crippen LogP contribution in [0, 0.1) is 0 Å². The van der Waals surface area contributed by atoms with Crippen molar-refractivity contribution < 1.29 is 14.3 Å². The molecule has 92 valence electrons. The fourth-order valence-corrected chi connectivity index (χ4v) is 1.46. The Hall–Kier alpha value is -0.840. The number of nitrogens with one attached hydrogen (secondary N) is 1. The Balaban J connectivity index is 2.15. The van der Waals surface area contributed by atoms with Crippen molar-refractivity contribution in [3.63, 3.8) is 0 Å². The van der Waals surface area contributed by atoms with Crippen molar-refractivity contribution in [2.24, 2.45) is 0 Å². The van der Waals surface area contributed by atoms with E-state index in [0.29, 0.717) is 30.4 Å². The van der Waals surface area contributed by atoms with E-state index in [1.165, 1.54) is 0 Å². The summed E-state index contributed by atoms with van der Waals surface area (Å²) in [5.41, 5.74) is 0.477. The summed E-state index contributed by atoms with van der Waals surface area (Å²) in [7, 11) is 0. The zero-order chi connectivity index (χ0) is 12.5. The molecule has 2 rings (SSSR count). The fourth-order valence-electron chi connectivity index (χ4n) is 1.32. The van der Waals surface area contributed by atoms with Gasteiger partial charge in [-0.25, -0.2) is 0 Å². The molecule has 0 saturated carbocycles. The predicted octanol–water partition coefficient (Wildman–Crippen LogP) is 2.77. The van der Waals surface area contributed by atoms with Crippen LogP contribution < -0.4 is 14.8 Å². The molecule has 1 aliphatic rings. The van der Waals surface area contributed by atoms with Crippen molar-refractivity contribution >= 4 is 46.4 Å². The van der Waals surface area contributed by atoms with E-state index in [1.54, 1.807) is 18.2 Å². The number of alkyl halides is 3. The highest BCUT2D eigenvalue weighted by Crippen LogP contribution is 2.34. The zero-order valence-corrected chi connectivity index (χ0v) is 10.8. The number of carbonyl (C=O) groups excluding carboxylic acids is 1. The standard InChI is InChI=1S/C10H8Cl3NO3/c11-10(12,13)9(15)14-6-1-2-7-8(5-6)17-4-3-16-7/h1-2,5H,3-4H2,(H,14,15). The SMILES string of the molecule is O=C(Nc1ccc2c(c1)OCCO2)C(Cl)(Cl)Cl. The lowest BCUT2D eigenvalue weighted by Gasteiger charge is -2.19. The number of rotatable bonds is 1. The molecule has 0 atom stereocenters. The predicted molar refractivity (Wildman–Crippen MR) is 66.4 cm³/mol. The molecule has 1 heterocycles. The summed E-state index contributed by atoms with van der Waals surface area (Å²) in [5, 5.41) is 2.46. The van der Waals surface area contributed by atoms with Gasteiger partial charge in [-0.15, -0.1) is 0 Å². The molecule has 7 heteroatoms. The number of hydrogen-bond donors (Lipinski definition) is 1. The van der Waals surface area contributed by atoms with E-state index in [0.717, 1.165) is 0 Å². The van der Waals surface area contributed by atoms with E-state index >= 15 is 0 Å². The first-order chi connectivity index (χ1) is 7.97. The van der Waals surface area contributed by atoms with Crippen molar-refractivity contribution in [2.75, 3.05) is 18.5 Å². The summed E-state index contributed by atoms with van der Waals surface area (Å²) in [6, 6.07) is 4.94. The largest absolute Gasteiger partial charge is 0.486 e. The second-order valence-corrected chi connectivity index (χ2v) is 5.59. The summed E-state index contributed by atoms with van der Waals surface area (Å²) in [5.74, 6) is 0.459. The second-order valence-electron chi connectivity index (χ2n) is 3.31. The molecule has 1 aromatic rings. The monoisotopic (exact) mass is 295 g/mol. The maximum absolute atomic E-state index is 11.4. The Bertz CT molecular complexity index is 445. The summed E-state index contributed by atoms with van der Waals surface area (Å²) in [6.45, 7) is 0.974. The van der Waals surface area contributed by atoms with E-state index in [1.807, 2.05) is 0 Å². The molecule has 1 aromatic carbocycles. The maximum Gasteiger partial charge on any atom is 0.276 e. The Morgan fingerprint density at radius 1 is 1.18 bits per heavy atom. The molecule has 4 nitrogen and oxygen atoms in total. The summed E-state index contributed by atoms with van der Waals surface area (Å²) >= 11 is 16.3. The van der Waals surface area contributed by atoms with E-state index < -0.39 is 9.70 Å². The first-order valence-electron chi connectivity index (χ1n) is 4.74. The lowest BCUT2D eigenvalue weighted by atomic mass is 10.2. The molecular weight excluding hydrogens is 288 g/mol. The Morgan fingerprint density at radius 2 is 1.82 bits per heavy atom. The van der Waals surface area contributed by atoms with Gasteiger partial charge < -0.3 is 14.8 Å². The Morgan fingerprint density at radius 3 is 2.47 bits per heavy atom. The molecule has 0 aromatic heterocycles. The van der Waals surface area contributed by atoms with Gasteiger partial charge in [-0.2, -0.15) is 0 Å². The molecule has 0 fully saturated rings. The average Bonchev–Trinajstić information content (AvgIpc) is 2.27. The number of benzene rings is 1. The average molecular weight is 297 g/mol. The zero-order valence-electron chi connectivity index (χ0n) is 8.50. The van der Waals surface area contributed by atoms with E-state index in [-0.39, 0.29) is 0 Å². The third kappa shape index (κ3) is 3.09. The van der Waals surface area contributed by atoms with Crippen molar-refractivity contribution in [2.45, 2.75) is 3.79 Å². The molecule has 1 N–H and O–H groups in total. The van der Waals surface area contributed by atoms with Gasteiger partial charge in [-0.1, -0.05) is 34.8 Å². The van der Waals surface area contributed by atoms with Crippen molar-refractivity contribution in [3.05, 3.63) is 18.2 Å². The topological polar surface area (TPSA) is 47.6 Å². The summed E-state index contributed by atoms with van der Waals surface area (Å²) < 4.78 is 8.70. The molecule has 17 heavy (non-hydrogen) atoms. The molecule has 0 saturated heterocycles. The molecule has 0 radical (unpaired) electrons. The first kappa shape index (κ1) is 12.6. The number of amides is 1. The van der Waals surface area contributed by atoms with Gasteiger partial charge in [0, 0.05) is 11.8 Å². The third-order valence-electron chi connectivity index (χ3n) is 2.06. The minimum absolute atomic E-state index is 0.467. The number of carbonyl (C=O) groups is 1. The number of anilines is 1. The van der Waals surface area contributed by atoms with Crippen LogP contribution in [0.1, 0.15) is 0 Å². The highest BCUT2D eigenvalue weighted by atomic mass is 35.6. The number of hydrogen-bond acceptors (Lipinski definition) is 3. The minimum Gasteiger partial charge on any atom is -0.486 e. The van der Waals surface area contributed by atoms with Crippen LogP contribution >= 0.6 is 34.8 Å². The molecule has 1 amide bonds. The maximum atomic E-state index is 11.4. The van der Waals surface area contributed by atoms with Gasteiger partial charge in [0.1, 0.15) is 13.2 Å². The molecule has 0 aliphatic carbocycles. The molecule has 0 spiro atoms. The van der Waals surface area contributed by atoms with Gasteiger partial charge in [0.05, 0.1) is 0 Å². The lowest BCUT2D eigenvalue weighted by molar-refractivity contribution is -0.115. The number of ether oxygens (including phenoxy) is 2. The van der Waals surface area contributed by atoms with Crippen LogP contribution in [0.5, 0.6) is 11.5 Å². The van der Waals surface area contributed by atoms with Crippen LogP contribution in [0.2, 0.25) is 0 Å². The Labute approximate surface area is 113 Å². The van der Waals surface area contributed by atoms with Crippen LogP contribution in [0.15, 0.2) is 18.2 Å². The third-order valence-corrected chi connectivity index (χ3v) is 2.57. The first-order valence-corrected chi connectivity index (χ1v) is 5.88. The van der Waals surface area contributed by atoms with E-state index in [9.17, 15) is 4.79 Å². The molecule has 0 unspecified atom stereocenters. The second kappa shape index (κ2) is 4.80. The minimum atomic E-state index is -1.99. The van der Waals surface area contributed by atoms with Gasteiger partial charge in [-0.05, 0) is 12.1 Å². The number of fused-ring (bicyclic) bond motifs is 1. The van der Waals surface area contributed by atoms with Gasteiger partial charge >= 0.3 is 0 Å². The highest BCUT2D eigenvalue weighted by Gasteiger charge is 2.30.